The number of nitrogens with one attached hydrogen (secondary N) is 1. The Hall–Kier alpha value is -0.0400. The maximum Gasteiger partial charge on any atom is 0.000841 e. The Bertz CT molecular complexity index is 133. The first-order valence-electron chi connectivity index (χ1n) is 4.52. The molecule has 0 radical (unpaired) electrons. The van der Waals surface area contributed by atoms with Gasteiger partial charge in [0.05, 0.1) is 0 Å². The summed E-state index contributed by atoms with van der Waals surface area (Å²) in [6.45, 7) is 5.02. The fraction of sp³-hybridized carbons (Fsp3) is 1.00. The molecule has 2 aliphatic rings. The van der Waals surface area contributed by atoms with Crippen molar-refractivity contribution >= 4 is 0 Å². The molecule has 10 heavy (non-hydrogen) atoms. The summed E-state index contributed by atoms with van der Waals surface area (Å²) in [6.07, 6.45) is 5.88. The van der Waals surface area contributed by atoms with Gasteiger partial charge in [0.15, 0.2) is 0 Å². The van der Waals surface area contributed by atoms with Crippen molar-refractivity contribution in [2.75, 3.05) is 13.1 Å². The summed E-state index contributed by atoms with van der Waals surface area (Å²) in [5.74, 6) is 1.00. The molecule has 2 atom stereocenters. The van der Waals surface area contributed by atoms with Crippen molar-refractivity contribution in [3.05, 3.63) is 0 Å². The van der Waals surface area contributed by atoms with E-state index in [1.165, 1.54) is 38.8 Å². The molecule has 0 unspecified atom stereocenters. The molecule has 1 heteroatoms. The van der Waals surface area contributed by atoms with E-state index < -0.39 is 0 Å². The Balaban J connectivity index is 2.10. The Kier molecular flexibility index (Phi) is 1.48. The van der Waals surface area contributed by atoms with Gasteiger partial charge in [0, 0.05) is 6.54 Å². The Morgan fingerprint density at radius 1 is 1.40 bits per heavy atom. The zero-order chi connectivity index (χ0) is 7.03. The van der Waals surface area contributed by atoms with Gasteiger partial charge in [0.2, 0.25) is 0 Å². The zero-order valence-corrected chi connectivity index (χ0v) is 6.82. The van der Waals surface area contributed by atoms with Crippen molar-refractivity contribution < 1.29 is 0 Å². The first kappa shape index (κ1) is 6.66. The number of rotatable bonds is 0. The SMILES string of the molecule is C[C@]12CCCC[C@@H]1CNC2. The van der Waals surface area contributed by atoms with E-state index in [4.69, 9.17) is 0 Å². The van der Waals surface area contributed by atoms with Crippen LogP contribution in [0.3, 0.4) is 0 Å². The number of hydrogen-bond acceptors (Lipinski definition) is 1. The van der Waals surface area contributed by atoms with Gasteiger partial charge in [-0.3, -0.25) is 0 Å². The molecular formula is C9H17N. The summed E-state index contributed by atoms with van der Waals surface area (Å²) in [6, 6.07) is 0. The summed E-state index contributed by atoms with van der Waals surface area (Å²) >= 11 is 0. The third-order valence-electron chi connectivity index (χ3n) is 3.46. The predicted molar refractivity (Wildman–Crippen MR) is 42.9 cm³/mol. The van der Waals surface area contributed by atoms with Crippen LogP contribution >= 0.6 is 0 Å². The molecule has 0 aromatic rings. The maximum atomic E-state index is 3.50. The van der Waals surface area contributed by atoms with Crippen LogP contribution in [0.5, 0.6) is 0 Å². The van der Waals surface area contributed by atoms with E-state index in [1.807, 2.05) is 0 Å². The van der Waals surface area contributed by atoms with E-state index in [9.17, 15) is 0 Å². The summed E-state index contributed by atoms with van der Waals surface area (Å²) in [7, 11) is 0. The van der Waals surface area contributed by atoms with E-state index in [0.717, 1.165) is 5.92 Å². The molecule has 2 fully saturated rings. The molecule has 0 bridgehead atoms. The van der Waals surface area contributed by atoms with Crippen LogP contribution in [-0.2, 0) is 0 Å². The normalized spacial score (nSPS) is 47.1. The van der Waals surface area contributed by atoms with Gasteiger partial charge < -0.3 is 5.32 Å². The highest BCUT2D eigenvalue weighted by molar-refractivity contribution is 4.93. The average Bonchev–Trinajstić information content (AvgIpc) is 2.29. The minimum absolute atomic E-state index is 0.679. The van der Waals surface area contributed by atoms with E-state index >= 15 is 0 Å². The molecule has 1 aliphatic carbocycles. The summed E-state index contributed by atoms with van der Waals surface area (Å²) in [4.78, 5) is 0. The van der Waals surface area contributed by atoms with Crippen LogP contribution in [0, 0.1) is 11.3 Å². The zero-order valence-electron chi connectivity index (χ0n) is 6.82. The largest absolute Gasteiger partial charge is 0.316 e. The predicted octanol–water partition coefficient (Wildman–Crippen LogP) is 1.79. The molecular weight excluding hydrogens is 122 g/mol. The van der Waals surface area contributed by atoms with Gasteiger partial charge in [-0.2, -0.15) is 0 Å². The van der Waals surface area contributed by atoms with E-state index in [0.29, 0.717) is 5.41 Å². The molecule has 1 aliphatic heterocycles. The molecule has 0 aromatic carbocycles. The van der Waals surface area contributed by atoms with Crippen LogP contribution in [0.25, 0.3) is 0 Å². The maximum absolute atomic E-state index is 3.50. The van der Waals surface area contributed by atoms with E-state index in [1.54, 1.807) is 0 Å². The Morgan fingerprint density at radius 3 is 3.10 bits per heavy atom. The van der Waals surface area contributed by atoms with Crippen molar-refractivity contribution in [2.24, 2.45) is 11.3 Å². The van der Waals surface area contributed by atoms with Gasteiger partial charge in [0.1, 0.15) is 0 Å². The van der Waals surface area contributed by atoms with Crippen LogP contribution in [0.1, 0.15) is 32.6 Å². The Labute approximate surface area is 63.2 Å². The quantitative estimate of drug-likeness (QED) is 0.539. The van der Waals surface area contributed by atoms with Gasteiger partial charge in [-0.25, -0.2) is 0 Å². The monoisotopic (exact) mass is 139 g/mol. The molecule has 1 nitrogen and oxygen atoms in total. The van der Waals surface area contributed by atoms with E-state index in [-0.39, 0.29) is 0 Å². The molecule has 0 spiro atoms. The van der Waals surface area contributed by atoms with Crippen LogP contribution < -0.4 is 5.32 Å². The van der Waals surface area contributed by atoms with Crippen LogP contribution in [0.2, 0.25) is 0 Å². The van der Waals surface area contributed by atoms with Gasteiger partial charge >= 0.3 is 0 Å². The van der Waals surface area contributed by atoms with Gasteiger partial charge in [0.25, 0.3) is 0 Å². The lowest BCUT2D eigenvalue weighted by molar-refractivity contribution is 0.174. The van der Waals surface area contributed by atoms with Crippen molar-refractivity contribution in [2.45, 2.75) is 32.6 Å². The lowest BCUT2D eigenvalue weighted by atomic mass is 9.70. The van der Waals surface area contributed by atoms with Gasteiger partial charge in [-0.15, -0.1) is 0 Å². The van der Waals surface area contributed by atoms with Crippen molar-refractivity contribution in [3.63, 3.8) is 0 Å². The molecule has 0 aromatic heterocycles. The van der Waals surface area contributed by atoms with Gasteiger partial charge in [-0.1, -0.05) is 19.8 Å². The molecule has 58 valence electrons. The molecule has 1 saturated carbocycles. The third kappa shape index (κ3) is 0.878. The highest BCUT2D eigenvalue weighted by Crippen LogP contribution is 2.42. The van der Waals surface area contributed by atoms with E-state index in [2.05, 4.69) is 12.2 Å². The van der Waals surface area contributed by atoms with Gasteiger partial charge in [-0.05, 0) is 30.7 Å². The molecule has 1 N–H and O–H groups in total. The molecule has 1 heterocycles. The lowest BCUT2D eigenvalue weighted by Crippen LogP contribution is -2.29. The molecule has 2 rings (SSSR count). The second-order valence-electron chi connectivity index (χ2n) is 4.23. The fourth-order valence-corrected chi connectivity index (χ4v) is 2.59. The Morgan fingerprint density at radius 2 is 2.30 bits per heavy atom. The minimum Gasteiger partial charge on any atom is -0.316 e. The first-order valence-corrected chi connectivity index (χ1v) is 4.52. The van der Waals surface area contributed by atoms with Crippen molar-refractivity contribution in [1.29, 1.82) is 0 Å². The highest BCUT2D eigenvalue weighted by atomic mass is 14.9. The number of fused-ring (bicyclic) bond motifs is 1. The highest BCUT2D eigenvalue weighted by Gasteiger charge is 2.39. The minimum atomic E-state index is 0.679. The standard InChI is InChI=1S/C9H17N/c1-9-5-3-2-4-8(9)6-10-7-9/h8,10H,2-7H2,1H3/t8-,9-/m1/s1. The smallest absolute Gasteiger partial charge is 0.000841 e. The lowest BCUT2D eigenvalue weighted by Gasteiger charge is -2.34. The topological polar surface area (TPSA) is 12.0 Å². The van der Waals surface area contributed by atoms with Crippen molar-refractivity contribution in [1.82, 2.24) is 5.32 Å². The van der Waals surface area contributed by atoms with Crippen LogP contribution in [0.15, 0.2) is 0 Å². The third-order valence-corrected chi connectivity index (χ3v) is 3.46. The first-order chi connectivity index (χ1) is 4.81. The average molecular weight is 139 g/mol. The molecule has 0 amide bonds. The summed E-state index contributed by atoms with van der Waals surface area (Å²) in [5.41, 5.74) is 0.679. The second kappa shape index (κ2) is 2.23. The fourth-order valence-electron chi connectivity index (χ4n) is 2.59. The van der Waals surface area contributed by atoms with Crippen LogP contribution in [0.4, 0.5) is 0 Å². The number of hydrogen-bond donors (Lipinski definition) is 1. The second-order valence-corrected chi connectivity index (χ2v) is 4.23. The summed E-state index contributed by atoms with van der Waals surface area (Å²) in [5, 5.41) is 3.50. The summed E-state index contributed by atoms with van der Waals surface area (Å²) < 4.78 is 0. The van der Waals surface area contributed by atoms with Crippen molar-refractivity contribution in [3.8, 4) is 0 Å². The van der Waals surface area contributed by atoms with Crippen LogP contribution in [-0.4, -0.2) is 13.1 Å². The molecule has 1 saturated heterocycles.